The monoisotopic (exact) mass is 257 g/mol. The second-order valence-corrected chi connectivity index (χ2v) is 4.46. The molecule has 68 valence electrons. The molecule has 2 aromatic rings. The Morgan fingerprint density at radius 3 is 3.08 bits per heavy atom. The predicted molar refractivity (Wildman–Crippen MR) is 58.1 cm³/mol. The molecule has 1 aromatic heterocycles. The summed E-state index contributed by atoms with van der Waals surface area (Å²) in [6.45, 7) is 0.158. The van der Waals surface area contributed by atoms with Crippen molar-refractivity contribution >= 4 is 37.5 Å². The Morgan fingerprint density at radius 1 is 1.46 bits per heavy atom. The first-order chi connectivity index (χ1) is 6.31. The summed E-state index contributed by atoms with van der Waals surface area (Å²) in [5.74, 6) is 0. The number of halogens is 1. The first-order valence-electron chi connectivity index (χ1n) is 3.96. The van der Waals surface area contributed by atoms with Crippen molar-refractivity contribution in [2.45, 2.75) is 6.42 Å². The zero-order valence-corrected chi connectivity index (χ0v) is 9.23. The Hall–Kier alpha value is -0.450. The molecule has 2 nitrogen and oxygen atoms in total. The van der Waals surface area contributed by atoms with Gasteiger partial charge in [0.05, 0.1) is 10.4 Å². The normalized spacial score (nSPS) is 10.9. The van der Waals surface area contributed by atoms with Crippen molar-refractivity contribution in [3.05, 3.63) is 28.4 Å². The number of fused-ring (bicyclic) bond motifs is 1. The molecule has 0 unspecified atom stereocenters. The van der Waals surface area contributed by atoms with Gasteiger partial charge in [0.1, 0.15) is 0 Å². The fourth-order valence-electron chi connectivity index (χ4n) is 1.25. The average Bonchev–Trinajstić information content (AvgIpc) is 2.49. The molecule has 13 heavy (non-hydrogen) atoms. The van der Waals surface area contributed by atoms with Crippen LogP contribution in [0.1, 0.15) is 5.69 Å². The largest absolute Gasteiger partial charge is 0.396 e. The second-order valence-electron chi connectivity index (χ2n) is 2.74. The fourth-order valence-corrected chi connectivity index (χ4v) is 2.41. The Labute approximate surface area is 88.5 Å². The maximum atomic E-state index is 8.82. The SMILES string of the molecule is OCCc1nsc2ccc(Br)cc12. The highest BCUT2D eigenvalue weighted by atomic mass is 79.9. The lowest BCUT2D eigenvalue weighted by molar-refractivity contribution is 0.299. The number of nitrogens with zero attached hydrogens (tertiary/aromatic N) is 1. The molecule has 0 aliphatic rings. The Balaban J connectivity index is 2.58. The zero-order valence-electron chi connectivity index (χ0n) is 6.83. The molecule has 0 atom stereocenters. The second kappa shape index (κ2) is 3.74. The number of benzene rings is 1. The lowest BCUT2D eigenvalue weighted by Crippen LogP contribution is -1.90. The first kappa shape index (κ1) is 9.12. The predicted octanol–water partition coefficient (Wildman–Crippen LogP) is 2.59. The van der Waals surface area contributed by atoms with E-state index in [9.17, 15) is 0 Å². The van der Waals surface area contributed by atoms with Crippen molar-refractivity contribution in [1.29, 1.82) is 0 Å². The van der Waals surface area contributed by atoms with Gasteiger partial charge in [-0.2, -0.15) is 4.37 Å². The van der Waals surface area contributed by atoms with Gasteiger partial charge in [-0.05, 0) is 29.7 Å². The molecule has 0 spiro atoms. The van der Waals surface area contributed by atoms with Crippen LogP contribution in [0.25, 0.3) is 10.1 Å². The Morgan fingerprint density at radius 2 is 2.31 bits per heavy atom. The van der Waals surface area contributed by atoms with Crippen LogP contribution in [0.5, 0.6) is 0 Å². The topological polar surface area (TPSA) is 33.1 Å². The third-order valence-electron chi connectivity index (χ3n) is 1.86. The summed E-state index contributed by atoms with van der Waals surface area (Å²) in [4.78, 5) is 0. The Kier molecular flexibility index (Phi) is 2.62. The minimum Gasteiger partial charge on any atom is -0.396 e. The van der Waals surface area contributed by atoms with Gasteiger partial charge in [0, 0.05) is 22.9 Å². The molecular formula is C9H8BrNOS. The van der Waals surface area contributed by atoms with Gasteiger partial charge in [-0.15, -0.1) is 0 Å². The van der Waals surface area contributed by atoms with E-state index in [1.54, 1.807) is 0 Å². The van der Waals surface area contributed by atoms with E-state index >= 15 is 0 Å². The number of hydrogen-bond donors (Lipinski definition) is 1. The summed E-state index contributed by atoms with van der Waals surface area (Å²) < 4.78 is 6.51. The van der Waals surface area contributed by atoms with Crippen LogP contribution in [-0.2, 0) is 6.42 Å². The summed E-state index contributed by atoms with van der Waals surface area (Å²) in [6.07, 6.45) is 0.635. The fraction of sp³-hybridized carbons (Fsp3) is 0.222. The van der Waals surface area contributed by atoms with Crippen molar-refractivity contribution in [1.82, 2.24) is 4.37 Å². The van der Waals surface area contributed by atoms with Gasteiger partial charge in [-0.25, -0.2) is 0 Å². The van der Waals surface area contributed by atoms with Gasteiger partial charge in [0.25, 0.3) is 0 Å². The molecule has 0 bridgehead atoms. The minimum absolute atomic E-state index is 0.158. The molecule has 0 amide bonds. The molecule has 0 fully saturated rings. The average molecular weight is 258 g/mol. The molecule has 1 aromatic carbocycles. The summed E-state index contributed by atoms with van der Waals surface area (Å²) in [7, 11) is 0. The number of aliphatic hydroxyl groups excluding tert-OH is 1. The van der Waals surface area contributed by atoms with Crippen LogP contribution in [-0.4, -0.2) is 16.1 Å². The minimum atomic E-state index is 0.158. The molecule has 1 heterocycles. The van der Waals surface area contributed by atoms with Gasteiger partial charge in [-0.1, -0.05) is 15.9 Å². The van der Waals surface area contributed by atoms with E-state index in [1.807, 2.05) is 18.2 Å². The molecule has 4 heteroatoms. The summed E-state index contributed by atoms with van der Waals surface area (Å²) in [6, 6.07) is 6.09. The first-order valence-corrected chi connectivity index (χ1v) is 5.52. The van der Waals surface area contributed by atoms with Crippen molar-refractivity contribution in [3.63, 3.8) is 0 Å². The van der Waals surface area contributed by atoms with Crippen LogP contribution in [0.2, 0.25) is 0 Å². The van der Waals surface area contributed by atoms with Crippen LogP contribution in [0.15, 0.2) is 22.7 Å². The molecule has 0 aliphatic heterocycles. The zero-order chi connectivity index (χ0) is 9.26. The molecule has 0 radical (unpaired) electrons. The van der Waals surface area contributed by atoms with Crippen LogP contribution in [0, 0.1) is 0 Å². The van der Waals surface area contributed by atoms with E-state index in [4.69, 9.17) is 5.11 Å². The molecular weight excluding hydrogens is 250 g/mol. The van der Waals surface area contributed by atoms with Gasteiger partial charge in [0.15, 0.2) is 0 Å². The maximum Gasteiger partial charge on any atom is 0.0644 e. The van der Waals surface area contributed by atoms with Crippen molar-refractivity contribution < 1.29 is 5.11 Å². The van der Waals surface area contributed by atoms with Gasteiger partial charge in [0.2, 0.25) is 0 Å². The van der Waals surface area contributed by atoms with Crippen LogP contribution in [0.3, 0.4) is 0 Å². The summed E-state index contributed by atoms with van der Waals surface area (Å²) >= 11 is 4.90. The third kappa shape index (κ3) is 1.75. The number of aromatic nitrogens is 1. The van der Waals surface area contributed by atoms with E-state index in [1.165, 1.54) is 16.2 Å². The summed E-state index contributed by atoms with van der Waals surface area (Å²) in [5, 5.41) is 9.97. The smallest absolute Gasteiger partial charge is 0.0644 e. The van der Waals surface area contributed by atoms with E-state index < -0.39 is 0 Å². The van der Waals surface area contributed by atoms with Crippen LogP contribution in [0.4, 0.5) is 0 Å². The molecule has 2 rings (SSSR count). The molecule has 1 N–H and O–H groups in total. The summed E-state index contributed by atoms with van der Waals surface area (Å²) in [5.41, 5.74) is 0.990. The molecule has 0 saturated heterocycles. The molecule has 0 aliphatic carbocycles. The highest BCUT2D eigenvalue weighted by molar-refractivity contribution is 9.10. The van der Waals surface area contributed by atoms with Crippen LogP contribution < -0.4 is 0 Å². The van der Waals surface area contributed by atoms with Crippen molar-refractivity contribution in [3.8, 4) is 0 Å². The van der Waals surface area contributed by atoms with Crippen molar-refractivity contribution in [2.24, 2.45) is 0 Å². The lowest BCUT2D eigenvalue weighted by Gasteiger charge is -1.94. The van der Waals surface area contributed by atoms with Crippen molar-refractivity contribution in [2.75, 3.05) is 6.61 Å². The van der Waals surface area contributed by atoms with Gasteiger partial charge < -0.3 is 5.11 Å². The van der Waals surface area contributed by atoms with E-state index in [0.717, 1.165) is 15.6 Å². The maximum absolute atomic E-state index is 8.82. The number of rotatable bonds is 2. The van der Waals surface area contributed by atoms with Crippen LogP contribution >= 0.6 is 27.5 Å². The quantitative estimate of drug-likeness (QED) is 0.898. The van der Waals surface area contributed by atoms with E-state index in [-0.39, 0.29) is 6.61 Å². The third-order valence-corrected chi connectivity index (χ3v) is 3.21. The van der Waals surface area contributed by atoms with E-state index in [2.05, 4.69) is 20.3 Å². The highest BCUT2D eigenvalue weighted by Crippen LogP contribution is 2.26. The van der Waals surface area contributed by atoms with Gasteiger partial charge >= 0.3 is 0 Å². The molecule has 0 saturated carbocycles. The lowest BCUT2D eigenvalue weighted by atomic mass is 10.2. The Bertz CT molecular complexity index is 426. The standard InChI is InChI=1S/C9H8BrNOS/c10-6-1-2-9-7(5-6)8(3-4-12)11-13-9/h1-2,5,12H,3-4H2. The van der Waals surface area contributed by atoms with Gasteiger partial charge in [-0.3, -0.25) is 0 Å². The highest BCUT2D eigenvalue weighted by Gasteiger charge is 2.05. The number of hydrogen-bond acceptors (Lipinski definition) is 3. The number of aliphatic hydroxyl groups is 1. The van der Waals surface area contributed by atoms with E-state index in [0.29, 0.717) is 6.42 Å².